The molecule has 18 heavy (non-hydrogen) atoms. The summed E-state index contributed by atoms with van der Waals surface area (Å²) in [6.07, 6.45) is 1.80. The maximum Gasteiger partial charge on any atom is 0.310 e. The molecule has 0 spiro atoms. The van der Waals surface area contributed by atoms with Crippen LogP contribution in [-0.4, -0.2) is 12.6 Å². The van der Waals surface area contributed by atoms with Crippen molar-refractivity contribution in [2.75, 3.05) is 6.61 Å². The van der Waals surface area contributed by atoms with E-state index in [-0.39, 0.29) is 12.4 Å². The van der Waals surface area contributed by atoms with E-state index < -0.39 is 0 Å². The van der Waals surface area contributed by atoms with Crippen LogP contribution in [0.5, 0.6) is 0 Å². The van der Waals surface area contributed by atoms with Crippen molar-refractivity contribution in [2.24, 2.45) is 0 Å². The van der Waals surface area contributed by atoms with Crippen molar-refractivity contribution in [2.45, 2.75) is 40.0 Å². The molecular formula is C15H19NO2. The number of nitriles is 1. The van der Waals surface area contributed by atoms with Crippen LogP contribution < -0.4 is 0 Å². The summed E-state index contributed by atoms with van der Waals surface area (Å²) in [7, 11) is 0. The molecule has 0 aliphatic carbocycles. The first-order chi connectivity index (χ1) is 8.67. The highest BCUT2D eigenvalue weighted by molar-refractivity contribution is 5.74. The Hall–Kier alpha value is -1.82. The number of hydrogen-bond donors (Lipinski definition) is 0. The van der Waals surface area contributed by atoms with E-state index in [1.165, 1.54) is 0 Å². The van der Waals surface area contributed by atoms with Gasteiger partial charge in [0.25, 0.3) is 0 Å². The molecule has 0 fully saturated rings. The third-order valence-corrected chi connectivity index (χ3v) is 3.00. The average Bonchev–Trinajstić information content (AvgIpc) is 2.38. The van der Waals surface area contributed by atoms with E-state index in [1.54, 1.807) is 6.92 Å². The Bertz CT molecular complexity index is 472. The van der Waals surface area contributed by atoms with Crippen LogP contribution in [0.4, 0.5) is 0 Å². The summed E-state index contributed by atoms with van der Waals surface area (Å²) in [6.45, 7) is 6.19. The summed E-state index contributed by atoms with van der Waals surface area (Å²) in [4.78, 5) is 11.6. The highest BCUT2D eigenvalue weighted by Gasteiger charge is 2.15. The fraction of sp³-hybridized carbons (Fsp3) is 0.467. The lowest BCUT2D eigenvalue weighted by atomic mass is 9.92. The van der Waals surface area contributed by atoms with Gasteiger partial charge in [0.05, 0.1) is 24.7 Å². The molecule has 0 aliphatic heterocycles. The number of rotatable bonds is 5. The Kier molecular flexibility index (Phi) is 5.38. The zero-order valence-electron chi connectivity index (χ0n) is 11.2. The van der Waals surface area contributed by atoms with E-state index in [2.05, 4.69) is 6.07 Å². The second-order valence-corrected chi connectivity index (χ2v) is 4.04. The molecule has 1 aromatic rings. The second-order valence-electron chi connectivity index (χ2n) is 4.04. The Labute approximate surface area is 108 Å². The summed E-state index contributed by atoms with van der Waals surface area (Å²) >= 11 is 0. The summed E-state index contributed by atoms with van der Waals surface area (Å²) in [6, 6.07) is 6.22. The molecule has 0 atom stereocenters. The zero-order chi connectivity index (χ0) is 13.5. The van der Waals surface area contributed by atoms with Gasteiger partial charge in [-0.2, -0.15) is 5.26 Å². The number of carbonyl (C=O) groups is 1. The summed E-state index contributed by atoms with van der Waals surface area (Å²) in [5.74, 6) is -0.267. The average molecular weight is 245 g/mol. The van der Waals surface area contributed by atoms with Gasteiger partial charge in [0, 0.05) is 0 Å². The standard InChI is InChI=1S/C15H19NO2/c1-4-11-7-8-12(5-2)14(10-16)13(11)9-15(17)18-6-3/h7-8H,4-6,9H2,1-3H3. The molecule has 3 nitrogen and oxygen atoms in total. The van der Waals surface area contributed by atoms with Crippen molar-refractivity contribution in [3.8, 4) is 6.07 Å². The quantitative estimate of drug-likeness (QED) is 0.749. The molecule has 0 bridgehead atoms. The van der Waals surface area contributed by atoms with Crippen molar-refractivity contribution in [3.63, 3.8) is 0 Å². The summed E-state index contributed by atoms with van der Waals surface area (Å²) in [5.41, 5.74) is 3.52. The van der Waals surface area contributed by atoms with Gasteiger partial charge in [-0.15, -0.1) is 0 Å². The molecule has 0 aromatic heterocycles. The lowest BCUT2D eigenvalue weighted by Crippen LogP contribution is -2.11. The number of hydrogen-bond acceptors (Lipinski definition) is 3. The van der Waals surface area contributed by atoms with E-state index >= 15 is 0 Å². The maximum absolute atomic E-state index is 11.6. The molecule has 0 amide bonds. The van der Waals surface area contributed by atoms with Crippen molar-refractivity contribution >= 4 is 5.97 Å². The van der Waals surface area contributed by atoms with Crippen LogP contribution in [0.25, 0.3) is 0 Å². The molecule has 0 unspecified atom stereocenters. The van der Waals surface area contributed by atoms with Gasteiger partial charge in [-0.05, 0) is 36.5 Å². The fourth-order valence-corrected chi connectivity index (χ4v) is 2.06. The first-order valence-electron chi connectivity index (χ1n) is 6.37. The first-order valence-corrected chi connectivity index (χ1v) is 6.37. The minimum Gasteiger partial charge on any atom is -0.466 e. The highest BCUT2D eigenvalue weighted by atomic mass is 16.5. The maximum atomic E-state index is 11.6. The number of benzene rings is 1. The van der Waals surface area contributed by atoms with Crippen molar-refractivity contribution in [1.82, 2.24) is 0 Å². The number of carbonyl (C=O) groups excluding carboxylic acids is 1. The van der Waals surface area contributed by atoms with E-state index in [9.17, 15) is 10.1 Å². The Morgan fingerprint density at radius 2 is 1.83 bits per heavy atom. The first kappa shape index (κ1) is 14.2. The van der Waals surface area contributed by atoms with Gasteiger partial charge in [-0.25, -0.2) is 0 Å². The van der Waals surface area contributed by atoms with E-state index in [4.69, 9.17) is 4.74 Å². The van der Waals surface area contributed by atoms with Crippen LogP contribution in [0, 0.1) is 11.3 Å². The van der Waals surface area contributed by atoms with Gasteiger partial charge in [-0.1, -0.05) is 26.0 Å². The van der Waals surface area contributed by atoms with Gasteiger partial charge >= 0.3 is 5.97 Å². The Balaban J connectivity index is 3.20. The smallest absolute Gasteiger partial charge is 0.310 e. The predicted octanol–water partition coefficient (Wildman–Crippen LogP) is 2.79. The second kappa shape index (κ2) is 6.80. The molecule has 1 aromatic carbocycles. The van der Waals surface area contributed by atoms with Crippen molar-refractivity contribution in [3.05, 3.63) is 34.4 Å². The normalized spacial score (nSPS) is 9.89. The molecular weight excluding hydrogens is 226 g/mol. The molecule has 0 saturated carbocycles. The number of ether oxygens (including phenoxy) is 1. The number of aryl methyl sites for hydroxylation is 2. The van der Waals surface area contributed by atoms with Gasteiger partial charge in [-0.3, -0.25) is 4.79 Å². The minimum absolute atomic E-state index is 0.188. The molecule has 0 radical (unpaired) electrons. The van der Waals surface area contributed by atoms with E-state index in [0.717, 1.165) is 29.5 Å². The van der Waals surface area contributed by atoms with Gasteiger partial charge < -0.3 is 4.74 Å². The topological polar surface area (TPSA) is 50.1 Å². The third-order valence-electron chi connectivity index (χ3n) is 3.00. The van der Waals surface area contributed by atoms with Gasteiger partial charge in [0.15, 0.2) is 0 Å². The minimum atomic E-state index is -0.267. The van der Waals surface area contributed by atoms with Gasteiger partial charge in [0.1, 0.15) is 0 Å². The summed E-state index contributed by atoms with van der Waals surface area (Å²) < 4.78 is 4.97. The SMILES string of the molecule is CCOC(=O)Cc1c(CC)ccc(CC)c1C#N. The van der Waals surface area contributed by atoms with Crippen molar-refractivity contribution < 1.29 is 9.53 Å². The monoisotopic (exact) mass is 245 g/mol. The van der Waals surface area contributed by atoms with Crippen LogP contribution in [0.15, 0.2) is 12.1 Å². The number of esters is 1. The van der Waals surface area contributed by atoms with Crippen LogP contribution in [0.1, 0.15) is 43.0 Å². The Morgan fingerprint density at radius 3 is 2.33 bits per heavy atom. The highest BCUT2D eigenvalue weighted by Crippen LogP contribution is 2.21. The van der Waals surface area contributed by atoms with E-state index in [0.29, 0.717) is 12.2 Å². The van der Waals surface area contributed by atoms with Gasteiger partial charge in [0.2, 0.25) is 0 Å². The molecule has 1 rings (SSSR count). The Morgan fingerprint density at radius 1 is 1.22 bits per heavy atom. The molecule has 0 saturated heterocycles. The molecule has 96 valence electrons. The van der Waals surface area contributed by atoms with Crippen LogP contribution in [-0.2, 0) is 28.8 Å². The number of nitrogens with zero attached hydrogens (tertiary/aromatic N) is 1. The van der Waals surface area contributed by atoms with Crippen molar-refractivity contribution in [1.29, 1.82) is 5.26 Å². The zero-order valence-corrected chi connectivity index (χ0v) is 11.2. The molecule has 0 heterocycles. The fourth-order valence-electron chi connectivity index (χ4n) is 2.06. The molecule has 3 heteroatoms. The largest absolute Gasteiger partial charge is 0.466 e. The van der Waals surface area contributed by atoms with Crippen LogP contribution in [0.2, 0.25) is 0 Å². The predicted molar refractivity (Wildman–Crippen MR) is 70.3 cm³/mol. The lowest BCUT2D eigenvalue weighted by molar-refractivity contribution is -0.142. The third kappa shape index (κ3) is 3.10. The molecule has 0 N–H and O–H groups in total. The molecule has 0 aliphatic rings. The summed E-state index contributed by atoms with van der Waals surface area (Å²) in [5, 5.41) is 9.29. The van der Waals surface area contributed by atoms with Crippen LogP contribution >= 0.6 is 0 Å². The lowest BCUT2D eigenvalue weighted by Gasteiger charge is -2.12. The van der Waals surface area contributed by atoms with Crippen LogP contribution in [0.3, 0.4) is 0 Å². The van der Waals surface area contributed by atoms with E-state index in [1.807, 2.05) is 26.0 Å².